The Hall–Kier alpha value is -0.240. The molecule has 0 aromatic rings. The fourth-order valence-corrected chi connectivity index (χ4v) is 0.319. The molecule has 1 nitrogen and oxygen atoms in total. The van der Waals surface area contributed by atoms with Crippen molar-refractivity contribution in [3.05, 3.63) is 11.1 Å². The number of thiol groups is 1. The van der Waals surface area contributed by atoms with E-state index in [2.05, 4.69) is 17.6 Å². The van der Waals surface area contributed by atoms with Crippen molar-refractivity contribution in [3.8, 4) is 0 Å². The van der Waals surface area contributed by atoms with E-state index in [1.807, 2.05) is 27.7 Å². The normalized spacial score (nSPS) is 11.1. The average Bonchev–Trinajstić information content (AvgIpc) is 2.04. The highest BCUT2D eigenvalue weighted by Crippen LogP contribution is 2.03. The van der Waals surface area contributed by atoms with Gasteiger partial charge in [0, 0.05) is 12.4 Å². The molecule has 0 saturated carbocycles. The van der Waals surface area contributed by atoms with Crippen LogP contribution >= 0.6 is 12.6 Å². The van der Waals surface area contributed by atoms with E-state index < -0.39 is 0 Å². The third kappa shape index (κ3) is 10.7. The predicted molar refractivity (Wildman–Crippen MR) is 52.9 cm³/mol. The zero-order chi connectivity index (χ0) is 8.41. The zero-order valence-electron chi connectivity index (χ0n) is 7.26. The summed E-state index contributed by atoms with van der Waals surface area (Å²) in [5, 5.41) is 0. The Kier molecular flexibility index (Phi) is 14.4. The van der Waals surface area contributed by atoms with Gasteiger partial charge in [-0.05, 0) is 18.2 Å². The second-order valence-electron chi connectivity index (χ2n) is 1.38. The first-order valence-electron chi connectivity index (χ1n) is 3.67. The predicted octanol–water partition coefficient (Wildman–Crippen LogP) is 3.28. The molecule has 0 rings (SSSR count). The summed E-state index contributed by atoms with van der Waals surface area (Å²) in [5.41, 5.74) is 0. The maximum atomic E-state index is 4.11. The monoisotopic (exact) mass is 159 g/mol. The molecule has 0 N–H and O–H groups in total. The van der Waals surface area contributed by atoms with Crippen LogP contribution in [0.15, 0.2) is 16.1 Å². The minimum atomic E-state index is 0.959. The summed E-state index contributed by atoms with van der Waals surface area (Å²) in [6.45, 7) is 7.93. The molecule has 0 heterocycles. The Bertz CT molecular complexity index is 106. The lowest BCUT2D eigenvalue weighted by Gasteiger charge is -1.85. The molecule has 60 valence electrons. The minimum Gasteiger partial charge on any atom is -0.269 e. The van der Waals surface area contributed by atoms with Crippen molar-refractivity contribution in [1.82, 2.24) is 0 Å². The average molecular weight is 159 g/mol. The van der Waals surface area contributed by atoms with Crippen LogP contribution in [0.3, 0.4) is 0 Å². The summed E-state index contributed by atoms with van der Waals surface area (Å²) in [5.74, 6) is 0. The van der Waals surface area contributed by atoms with Gasteiger partial charge in [-0.2, -0.15) is 0 Å². The van der Waals surface area contributed by atoms with Crippen molar-refractivity contribution in [2.75, 3.05) is 0 Å². The van der Waals surface area contributed by atoms with E-state index in [0.717, 1.165) is 11.3 Å². The van der Waals surface area contributed by atoms with Crippen molar-refractivity contribution in [2.45, 2.75) is 34.1 Å². The van der Waals surface area contributed by atoms with Crippen LogP contribution in [0.1, 0.15) is 34.1 Å². The van der Waals surface area contributed by atoms with Crippen LogP contribution in [0, 0.1) is 0 Å². The lowest BCUT2D eigenvalue weighted by molar-refractivity contribution is 1.19. The highest BCUT2D eigenvalue weighted by atomic mass is 32.1. The maximum absolute atomic E-state index is 4.11. The van der Waals surface area contributed by atoms with E-state index in [1.54, 1.807) is 12.4 Å². The Morgan fingerprint density at radius 2 is 2.00 bits per heavy atom. The highest BCUT2D eigenvalue weighted by Gasteiger charge is 1.77. The van der Waals surface area contributed by atoms with E-state index >= 15 is 0 Å². The SMILES string of the molecule is CC.CC=N/C=C(\S)CC. The van der Waals surface area contributed by atoms with Crippen molar-refractivity contribution < 1.29 is 0 Å². The highest BCUT2D eigenvalue weighted by molar-refractivity contribution is 7.84. The van der Waals surface area contributed by atoms with Crippen LogP contribution in [0.25, 0.3) is 0 Å². The summed E-state index contributed by atoms with van der Waals surface area (Å²) >= 11 is 4.11. The van der Waals surface area contributed by atoms with Gasteiger partial charge in [0.25, 0.3) is 0 Å². The molecule has 0 aliphatic carbocycles. The molecular weight excluding hydrogens is 142 g/mol. The van der Waals surface area contributed by atoms with Crippen LogP contribution in [0.4, 0.5) is 0 Å². The molecule has 2 heteroatoms. The molecule has 0 aromatic heterocycles. The number of rotatable bonds is 2. The molecule has 10 heavy (non-hydrogen) atoms. The van der Waals surface area contributed by atoms with Crippen molar-refractivity contribution >= 4 is 18.8 Å². The lowest BCUT2D eigenvalue weighted by atomic mass is 10.5. The van der Waals surface area contributed by atoms with Gasteiger partial charge >= 0.3 is 0 Å². The topological polar surface area (TPSA) is 12.4 Å². The van der Waals surface area contributed by atoms with Crippen LogP contribution < -0.4 is 0 Å². The molecule has 0 atom stereocenters. The van der Waals surface area contributed by atoms with E-state index in [9.17, 15) is 0 Å². The third-order valence-corrected chi connectivity index (χ3v) is 1.17. The van der Waals surface area contributed by atoms with Crippen LogP contribution in [-0.2, 0) is 0 Å². The van der Waals surface area contributed by atoms with Gasteiger partial charge in [-0.1, -0.05) is 20.8 Å². The first-order chi connectivity index (χ1) is 4.81. The standard InChI is InChI=1S/C6H11NS.C2H6/c1-3-6(8)5-7-4-2;1-2/h4-5,8H,3H2,1-2H3;1-2H3/b6-5-,7-4?;. The Balaban J connectivity index is 0. The van der Waals surface area contributed by atoms with Gasteiger partial charge in [0.1, 0.15) is 0 Å². The molecule has 0 unspecified atom stereocenters. The summed E-state index contributed by atoms with van der Waals surface area (Å²) in [6.07, 6.45) is 4.45. The lowest BCUT2D eigenvalue weighted by Crippen LogP contribution is -1.63. The molecule has 0 spiro atoms. The van der Waals surface area contributed by atoms with Crippen molar-refractivity contribution in [2.24, 2.45) is 4.99 Å². The molecule has 0 aromatic carbocycles. The van der Waals surface area contributed by atoms with Gasteiger partial charge in [-0.15, -0.1) is 12.6 Å². The quantitative estimate of drug-likeness (QED) is 0.469. The molecule has 0 fully saturated rings. The van der Waals surface area contributed by atoms with Crippen LogP contribution in [-0.4, -0.2) is 6.21 Å². The molecule has 0 radical (unpaired) electrons. The number of nitrogens with zero attached hydrogens (tertiary/aromatic N) is 1. The van der Waals surface area contributed by atoms with Gasteiger partial charge in [-0.25, -0.2) is 0 Å². The number of aliphatic imine (C=N–C) groups is 1. The molecule has 0 bridgehead atoms. The first kappa shape index (κ1) is 12.4. The van der Waals surface area contributed by atoms with E-state index in [4.69, 9.17) is 0 Å². The fourth-order valence-electron chi connectivity index (χ4n) is 0.252. The summed E-state index contributed by atoms with van der Waals surface area (Å²) in [6, 6.07) is 0. The van der Waals surface area contributed by atoms with Crippen LogP contribution in [0.5, 0.6) is 0 Å². The first-order valence-corrected chi connectivity index (χ1v) is 4.11. The summed E-state index contributed by atoms with van der Waals surface area (Å²) in [4.78, 5) is 4.90. The van der Waals surface area contributed by atoms with Gasteiger partial charge < -0.3 is 0 Å². The number of hydrogen-bond donors (Lipinski definition) is 1. The number of allylic oxidation sites excluding steroid dienone is 1. The largest absolute Gasteiger partial charge is 0.269 e. The molecular formula is C8H17NS. The number of hydrogen-bond acceptors (Lipinski definition) is 2. The fraction of sp³-hybridized carbons (Fsp3) is 0.625. The van der Waals surface area contributed by atoms with E-state index in [-0.39, 0.29) is 0 Å². The second kappa shape index (κ2) is 11.5. The molecule has 0 saturated heterocycles. The third-order valence-electron chi connectivity index (χ3n) is 0.735. The molecule has 0 aliphatic heterocycles. The van der Waals surface area contributed by atoms with Gasteiger partial charge in [0.2, 0.25) is 0 Å². The van der Waals surface area contributed by atoms with Crippen molar-refractivity contribution in [1.29, 1.82) is 0 Å². The maximum Gasteiger partial charge on any atom is 0.0356 e. The smallest absolute Gasteiger partial charge is 0.0356 e. The summed E-state index contributed by atoms with van der Waals surface area (Å²) < 4.78 is 0. The van der Waals surface area contributed by atoms with Crippen LogP contribution in [0.2, 0.25) is 0 Å². The second-order valence-corrected chi connectivity index (χ2v) is 1.96. The van der Waals surface area contributed by atoms with Crippen molar-refractivity contribution in [3.63, 3.8) is 0 Å². The van der Waals surface area contributed by atoms with E-state index in [0.29, 0.717) is 0 Å². The Morgan fingerprint density at radius 3 is 2.30 bits per heavy atom. The summed E-state index contributed by atoms with van der Waals surface area (Å²) in [7, 11) is 0. The molecule has 0 amide bonds. The minimum absolute atomic E-state index is 0.959. The van der Waals surface area contributed by atoms with Gasteiger partial charge in [-0.3, -0.25) is 4.99 Å². The zero-order valence-corrected chi connectivity index (χ0v) is 8.15. The van der Waals surface area contributed by atoms with Gasteiger partial charge in [0.15, 0.2) is 0 Å². The van der Waals surface area contributed by atoms with E-state index in [1.165, 1.54) is 0 Å². The Labute approximate surface area is 69.7 Å². The van der Waals surface area contributed by atoms with Gasteiger partial charge in [0.05, 0.1) is 0 Å². The molecule has 0 aliphatic rings. The Morgan fingerprint density at radius 1 is 1.50 bits per heavy atom.